The largest absolute Gasteiger partial charge is 0.386 e. The van der Waals surface area contributed by atoms with E-state index in [1.807, 2.05) is 12.1 Å². The number of aliphatic hydroxyl groups is 1. The van der Waals surface area contributed by atoms with E-state index in [0.717, 1.165) is 8.66 Å². The standard InChI is InChI=1S/C6H9BrN2OS/c7-6-2-1-5(11-6)4(10)3-9-8/h1-2,4,9-10H,3,8H2. The number of halogens is 1. The number of aliphatic hydroxyl groups excluding tert-OH is 1. The number of nitrogens with one attached hydrogen (secondary N) is 1. The Morgan fingerprint density at radius 3 is 2.91 bits per heavy atom. The van der Waals surface area contributed by atoms with Gasteiger partial charge in [-0.1, -0.05) is 0 Å². The Morgan fingerprint density at radius 1 is 1.73 bits per heavy atom. The van der Waals surface area contributed by atoms with E-state index in [2.05, 4.69) is 21.4 Å². The Hall–Kier alpha value is 0.0600. The fourth-order valence-electron chi connectivity index (χ4n) is 0.720. The van der Waals surface area contributed by atoms with Crippen molar-refractivity contribution in [3.8, 4) is 0 Å². The number of rotatable bonds is 3. The van der Waals surface area contributed by atoms with Crippen LogP contribution in [0.25, 0.3) is 0 Å². The van der Waals surface area contributed by atoms with Crippen LogP contribution in [0.4, 0.5) is 0 Å². The van der Waals surface area contributed by atoms with Crippen LogP contribution in [0.15, 0.2) is 15.9 Å². The summed E-state index contributed by atoms with van der Waals surface area (Å²) in [6.45, 7) is 0.382. The van der Waals surface area contributed by atoms with E-state index in [0.29, 0.717) is 6.54 Å². The number of hydrogen-bond donors (Lipinski definition) is 3. The van der Waals surface area contributed by atoms with Crippen molar-refractivity contribution in [1.82, 2.24) is 5.43 Å². The van der Waals surface area contributed by atoms with Crippen molar-refractivity contribution in [2.75, 3.05) is 6.54 Å². The quantitative estimate of drug-likeness (QED) is 0.543. The zero-order chi connectivity index (χ0) is 8.27. The molecule has 5 heteroatoms. The van der Waals surface area contributed by atoms with E-state index >= 15 is 0 Å². The third-order valence-electron chi connectivity index (χ3n) is 1.23. The lowest BCUT2D eigenvalue weighted by molar-refractivity contribution is 0.179. The first-order valence-corrected chi connectivity index (χ1v) is 4.71. The highest BCUT2D eigenvalue weighted by Gasteiger charge is 2.07. The molecular weight excluding hydrogens is 228 g/mol. The number of thiophene rings is 1. The molecule has 0 saturated carbocycles. The van der Waals surface area contributed by atoms with Crippen LogP contribution in [-0.4, -0.2) is 11.7 Å². The topological polar surface area (TPSA) is 58.3 Å². The number of nitrogens with two attached hydrogens (primary N) is 1. The van der Waals surface area contributed by atoms with E-state index in [4.69, 9.17) is 5.84 Å². The minimum atomic E-state index is -0.503. The van der Waals surface area contributed by atoms with Crippen LogP contribution in [0.1, 0.15) is 11.0 Å². The van der Waals surface area contributed by atoms with Crippen LogP contribution in [-0.2, 0) is 0 Å². The van der Waals surface area contributed by atoms with Gasteiger partial charge in [-0.15, -0.1) is 11.3 Å². The molecule has 0 spiro atoms. The van der Waals surface area contributed by atoms with Crippen molar-refractivity contribution in [1.29, 1.82) is 0 Å². The lowest BCUT2D eigenvalue weighted by Crippen LogP contribution is -2.27. The normalized spacial score (nSPS) is 13.4. The molecule has 1 heterocycles. The van der Waals surface area contributed by atoms with Gasteiger partial charge in [0.1, 0.15) is 6.10 Å². The van der Waals surface area contributed by atoms with E-state index < -0.39 is 6.10 Å². The van der Waals surface area contributed by atoms with Crippen LogP contribution in [0.2, 0.25) is 0 Å². The smallest absolute Gasteiger partial charge is 0.102 e. The highest BCUT2D eigenvalue weighted by atomic mass is 79.9. The second kappa shape index (κ2) is 4.18. The van der Waals surface area contributed by atoms with Crippen LogP contribution in [0.3, 0.4) is 0 Å². The molecule has 0 bridgehead atoms. The Balaban J connectivity index is 2.60. The van der Waals surface area contributed by atoms with Gasteiger partial charge in [0.25, 0.3) is 0 Å². The number of hydrogen-bond acceptors (Lipinski definition) is 4. The highest BCUT2D eigenvalue weighted by molar-refractivity contribution is 9.11. The molecular formula is C6H9BrN2OS. The molecule has 0 aliphatic rings. The second-order valence-corrected chi connectivity index (χ2v) is 4.56. The molecule has 0 amide bonds. The van der Waals surface area contributed by atoms with E-state index in [1.54, 1.807) is 0 Å². The first-order valence-electron chi connectivity index (χ1n) is 3.11. The average molecular weight is 237 g/mol. The summed E-state index contributed by atoms with van der Waals surface area (Å²) in [5, 5.41) is 9.38. The van der Waals surface area contributed by atoms with E-state index in [1.165, 1.54) is 11.3 Å². The van der Waals surface area contributed by atoms with Gasteiger partial charge in [0.2, 0.25) is 0 Å². The van der Waals surface area contributed by atoms with E-state index in [-0.39, 0.29) is 0 Å². The van der Waals surface area contributed by atoms with Gasteiger partial charge in [-0.2, -0.15) is 0 Å². The van der Waals surface area contributed by atoms with Gasteiger partial charge in [0.05, 0.1) is 3.79 Å². The van der Waals surface area contributed by atoms with Crippen molar-refractivity contribution >= 4 is 27.3 Å². The summed E-state index contributed by atoms with van der Waals surface area (Å²) in [7, 11) is 0. The monoisotopic (exact) mass is 236 g/mol. The van der Waals surface area contributed by atoms with Crippen molar-refractivity contribution < 1.29 is 5.11 Å². The Kier molecular flexibility index (Phi) is 3.47. The van der Waals surface area contributed by atoms with Crippen LogP contribution in [0.5, 0.6) is 0 Å². The van der Waals surface area contributed by atoms with Gasteiger partial charge < -0.3 is 5.11 Å². The van der Waals surface area contributed by atoms with Crippen molar-refractivity contribution in [2.24, 2.45) is 5.84 Å². The zero-order valence-corrected chi connectivity index (χ0v) is 8.15. The molecule has 1 aromatic heterocycles. The fraction of sp³-hybridized carbons (Fsp3) is 0.333. The van der Waals surface area contributed by atoms with Gasteiger partial charge in [-0.05, 0) is 28.1 Å². The van der Waals surface area contributed by atoms with Crippen LogP contribution in [0, 0.1) is 0 Å². The molecule has 1 aromatic rings. The van der Waals surface area contributed by atoms with Gasteiger partial charge in [0.15, 0.2) is 0 Å². The minimum Gasteiger partial charge on any atom is -0.386 e. The van der Waals surface area contributed by atoms with E-state index in [9.17, 15) is 5.11 Å². The maximum Gasteiger partial charge on any atom is 0.102 e. The minimum absolute atomic E-state index is 0.382. The summed E-state index contributed by atoms with van der Waals surface area (Å²) in [4.78, 5) is 0.912. The molecule has 0 radical (unpaired) electrons. The Labute approximate surface area is 77.3 Å². The molecule has 11 heavy (non-hydrogen) atoms. The molecule has 0 aliphatic heterocycles. The summed E-state index contributed by atoms with van der Waals surface area (Å²) < 4.78 is 1.02. The molecule has 1 unspecified atom stereocenters. The van der Waals surface area contributed by atoms with Crippen LogP contribution >= 0.6 is 27.3 Å². The molecule has 0 aliphatic carbocycles. The molecule has 62 valence electrons. The summed E-state index contributed by atoms with van der Waals surface area (Å²) >= 11 is 4.81. The average Bonchev–Trinajstić information content (AvgIpc) is 2.36. The maximum absolute atomic E-state index is 9.38. The SMILES string of the molecule is NNCC(O)c1ccc(Br)s1. The van der Waals surface area contributed by atoms with Gasteiger partial charge >= 0.3 is 0 Å². The van der Waals surface area contributed by atoms with Crippen molar-refractivity contribution in [3.63, 3.8) is 0 Å². The molecule has 4 N–H and O–H groups in total. The Morgan fingerprint density at radius 2 is 2.45 bits per heavy atom. The molecule has 0 aromatic carbocycles. The molecule has 3 nitrogen and oxygen atoms in total. The summed E-state index contributed by atoms with van der Waals surface area (Å²) in [5.74, 6) is 5.06. The second-order valence-electron chi connectivity index (χ2n) is 2.07. The third-order valence-corrected chi connectivity index (χ3v) is 2.96. The molecule has 0 saturated heterocycles. The fourth-order valence-corrected chi connectivity index (χ4v) is 2.13. The molecule has 1 rings (SSSR count). The van der Waals surface area contributed by atoms with Crippen LogP contribution < -0.4 is 11.3 Å². The third kappa shape index (κ3) is 2.53. The van der Waals surface area contributed by atoms with Gasteiger partial charge in [-0.25, -0.2) is 0 Å². The number of hydrazine groups is 1. The Bertz CT molecular complexity index is 228. The zero-order valence-electron chi connectivity index (χ0n) is 5.75. The van der Waals surface area contributed by atoms with Crippen molar-refractivity contribution in [2.45, 2.75) is 6.10 Å². The predicted molar refractivity (Wildman–Crippen MR) is 49.2 cm³/mol. The van der Waals surface area contributed by atoms with Gasteiger partial charge in [0, 0.05) is 11.4 Å². The molecule has 1 atom stereocenters. The first kappa shape index (κ1) is 9.15. The lowest BCUT2D eigenvalue weighted by atomic mass is 10.3. The maximum atomic E-state index is 9.38. The molecule has 0 fully saturated rings. The summed E-state index contributed by atoms with van der Waals surface area (Å²) in [6, 6.07) is 3.77. The van der Waals surface area contributed by atoms with Gasteiger partial charge in [-0.3, -0.25) is 11.3 Å². The first-order chi connectivity index (χ1) is 5.24. The summed E-state index contributed by atoms with van der Waals surface area (Å²) in [6.07, 6.45) is -0.503. The van der Waals surface area contributed by atoms with Crippen molar-refractivity contribution in [3.05, 3.63) is 20.8 Å². The highest BCUT2D eigenvalue weighted by Crippen LogP contribution is 2.26. The lowest BCUT2D eigenvalue weighted by Gasteiger charge is -2.05. The predicted octanol–water partition coefficient (Wildman–Crippen LogP) is 1.01. The summed E-state index contributed by atoms with van der Waals surface area (Å²) in [5.41, 5.74) is 2.42.